The molecule has 94 valence electrons. The lowest BCUT2D eigenvalue weighted by atomic mass is 10.4. The number of aromatic nitrogens is 3. The zero-order valence-corrected chi connectivity index (χ0v) is 9.88. The average Bonchev–Trinajstić information content (AvgIpc) is 2.89. The van der Waals surface area contributed by atoms with Crippen LogP contribution in [0.5, 0.6) is 0 Å². The van der Waals surface area contributed by atoms with Crippen molar-refractivity contribution in [2.45, 2.75) is 13.3 Å². The molecule has 0 saturated heterocycles. The third-order valence-electron chi connectivity index (χ3n) is 2.11. The molecule has 0 bridgehead atoms. The Hall–Kier alpha value is -2.44. The second kappa shape index (κ2) is 5.76. The van der Waals surface area contributed by atoms with E-state index in [1.165, 1.54) is 18.7 Å². The maximum absolute atomic E-state index is 11.8. The molecule has 2 heterocycles. The summed E-state index contributed by atoms with van der Waals surface area (Å²) in [5.74, 6) is 0.223. The monoisotopic (exact) mass is 247 g/mol. The summed E-state index contributed by atoms with van der Waals surface area (Å²) in [4.78, 5) is 19.9. The van der Waals surface area contributed by atoms with Gasteiger partial charge in [-0.1, -0.05) is 12.1 Å². The Labute approximate surface area is 104 Å². The van der Waals surface area contributed by atoms with Gasteiger partial charge in [-0.3, -0.25) is 9.78 Å². The van der Waals surface area contributed by atoms with E-state index >= 15 is 0 Å². The summed E-state index contributed by atoms with van der Waals surface area (Å²) in [6.07, 6.45) is 6.69. The van der Waals surface area contributed by atoms with Crippen LogP contribution in [0.1, 0.15) is 23.8 Å². The number of hydrogen-bond donors (Lipinski definition) is 2. The van der Waals surface area contributed by atoms with Crippen LogP contribution in [-0.2, 0) is 0 Å². The second-order valence-corrected chi connectivity index (χ2v) is 3.58. The first-order valence-corrected chi connectivity index (χ1v) is 5.56. The van der Waals surface area contributed by atoms with Crippen LogP contribution in [0.25, 0.3) is 0 Å². The molecule has 2 N–H and O–H groups in total. The Morgan fingerprint density at radius 3 is 3.00 bits per heavy atom. The molecule has 2 rings (SSSR count). The lowest BCUT2D eigenvalue weighted by Crippen LogP contribution is -2.15. The van der Waals surface area contributed by atoms with Gasteiger partial charge in [0.15, 0.2) is 0 Å². The number of anilines is 2. The predicted octanol–water partition coefficient (Wildman–Crippen LogP) is 1.54. The van der Waals surface area contributed by atoms with Crippen molar-refractivity contribution in [3.63, 3.8) is 0 Å². The molecule has 0 aliphatic rings. The molecular weight excluding hydrogens is 234 g/mol. The van der Waals surface area contributed by atoms with Gasteiger partial charge >= 0.3 is 0 Å². The van der Waals surface area contributed by atoms with Crippen molar-refractivity contribution in [1.82, 2.24) is 15.1 Å². The van der Waals surface area contributed by atoms with E-state index in [1.54, 1.807) is 6.20 Å². The highest BCUT2D eigenvalue weighted by Crippen LogP contribution is 2.07. The molecule has 0 spiro atoms. The lowest BCUT2D eigenvalue weighted by molar-refractivity contribution is 0.102. The summed E-state index contributed by atoms with van der Waals surface area (Å²) >= 11 is 0. The summed E-state index contributed by atoms with van der Waals surface area (Å²) in [6, 6.07) is 0. The van der Waals surface area contributed by atoms with Gasteiger partial charge in [0.1, 0.15) is 23.5 Å². The molecule has 0 saturated carbocycles. The van der Waals surface area contributed by atoms with Gasteiger partial charge in [-0.2, -0.15) is 0 Å². The molecule has 7 nitrogen and oxygen atoms in total. The van der Waals surface area contributed by atoms with Crippen LogP contribution in [0.3, 0.4) is 0 Å². The first kappa shape index (κ1) is 12.0. The van der Waals surface area contributed by atoms with Crippen molar-refractivity contribution < 1.29 is 9.32 Å². The Morgan fingerprint density at radius 2 is 2.28 bits per heavy atom. The number of rotatable bonds is 5. The van der Waals surface area contributed by atoms with Crippen LogP contribution < -0.4 is 10.6 Å². The van der Waals surface area contributed by atoms with Gasteiger partial charge in [0.05, 0.1) is 18.6 Å². The lowest BCUT2D eigenvalue weighted by Gasteiger charge is -2.05. The Kier molecular flexibility index (Phi) is 3.85. The Morgan fingerprint density at radius 1 is 1.39 bits per heavy atom. The van der Waals surface area contributed by atoms with E-state index in [0.717, 1.165) is 13.0 Å². The fourth-order valence-electron chi connectivity index (χ4n) is 1.28. The van der Waals surface area contributed by atoms with Crippen LogP contribution in [0.4, 0.5) is 11.5 Å². The summed E-state index contributed by atoms with van der Waals surface area (Å²) in [5, 5.41) is 9.15. The van der Waals surface area contributed by atoms with Gasteiger partial charge in [0.2, 0.25) is 0 Å². The van der Waals surface area contributed by atoms with Crippen molar-refractivity contribution in [3.05, 3.63) is 30.5 Å². The van der Waals surface area contributed by atoms with Crippen LogP contribution in [0.15, 0.2) is 29.4 Å². The van der Waals surface area contributed by atoms with Crippen molar-refractivity contribution in [2.75, 3.05) is 17.2 Å². The molecule has 2 aromatic heterocycles. The third kappa shape index (κ3) is 3.03. The molecule has 0 unspecified atom stereocenters. The zero-order chi connectivity index (χ0) is 12.8. The van der Waals surface area contributed by atoms with Crippen LogP contribution in [0.2, 0.25) is 0 Å². The average molecular weight is 247 g/mol. The molecule has 0 fully saturated rings. The normalized spacial score (nSPS) is 10.1. The van der Waals surface area contributed by atoms with Crippen molar-refractivity contribution in [1.29, 1.82) is 0 Å². The van der Waals surface area contributed by atoms with E-state index in [4.69, 9.17) is 0 Å². The zero-order valence-electron chi connectivity index (χ0n) is 9.88. The van der Waals surface area contributed by atoms with Gasteiger partial charge < -0.3 is 15.2 Å². The van der Waals surface area contributed by atoms with E-state index in [1.807, 2.05) is 6.92 Å². The number of nitrogens with zero attached hydrogens (tertiary/aromatic N) is 3. The number of carbonyl (C=O) groups excluding carboxylic acids is 1. The summed E-state index contributed by atoms with van der Waals surface area (Å²) in [5.41, 5.74) is 0.714. The van der Waals surface area contributed by atoms with E-state index in [2.05, 4.69) is 30.3 Å². The Bertz CT molecular complexity index is 512. The first-order chi connectivity index (χ1) is 8.79. The minimum Gasteiger partial charge on any atom is -0.369 e. The molecule has 0 aromatic carbocycles. The summed E-state index contributed by atoms with van der Waals surface area (Å²) in [7, 11) is 0. The number of amides is 1. The minimum atomic E-state index is -0.356. The third-order valence-corrected chi connectivity index (χ3v) is 2.11. The molecule has 0 aliphatic carbocycles. The number of carbonyl (C=O) groups is 1. The molecule has 0 aliphatic heterocycles. The quantitative estimate of drug-likeness (QED) is 0.832. The van der Waals surface area contributed by atoms with Gasteiger partial charge in [0.25, 0.3) is 5.91 Å². The highest BCUT2D eigenvalue weighted by Gasteiger charge is 2.10. The van der Waals surface area contributed by atoms with Crippen molar-refractivity contribution in [2.24, 2.45) is 0 Å². The summed E-state index contributed by atoms with van der Waals surface area (Å²) in [6.45, 7) is 2.83. The van der Waals surface area contributed by atoms with Crippen LogP contribution in [-0.4, -0.2) is 27.6 Å². The highest BCUT2D eigenvalue weighted by atomic mass is 16.5. The molecule has 7 heteroatoms. The van der Waals surface area contributed by atoms with Gasteiger partial charge in [-0.25, -0.2) is 4.98 Å². The van der Waals surface area contributed by atoms with Crippen molar-refractivity contribution >= 4 is 17.4 Å². The highest BCUT2D eigenvalue weighted by molar-refractivity contribution is 6.02. The SMILES string of the molecule is CCCNc1cncc(C(=O)Nc2cnoc2)n1. The van der Waals surface area contributed by atoms with Crippen molar-refractivity contribution in [3.8, 4) is 0 Å². The maximum Gasteiger partial charge on any atom is 0.276 e. The molecular formula is C11H13N5O2. The Balaban J connectivity index is 2.05. The number of hydrogen-bond acceptors (Lipinski definition) is 6. The molecule has 2 aromatic rings. The van der Waals surface area contributed by atoms with Crippen LogP contribution in [0, 0.1) is 0 Å². The largest absolute Gasteiger partial charge is 0.369 e. The molecule has 0 atom stereocenters. The van der Waals surface area contributed by atoms with E-state index < -0.39 is 0 Å². The van der Waals surface area contributed by atoms with Crippen LogP contribution >= 0.6 is 0 Å². The van der Waals surface area contributed by atoms with Gasteiger partial charge in [0, 0.05) is 6.54 Å². The smallest absolute Gasteiger partial charge is 0.276 e. The second-order valence-electron chi connectivity index (χ2n) is 3.58. The molecule has 0 radical (unpaired) electrons. The maximum atomic E-state index is 11.8. The minimum absolute atomic E-state index is 0.234. The fraction of sp³-hybridized carbons (Fsp3) is 0.273. The van der Waals surface area contributed by atoms with E-state index in [-0.39, 0.29) is 11.6 Å². The first-order valence-electron chi connectivity index (χ1n) is 5.56. The molecule has 18 heavy (non-hydrogen) atoms. The molecule has 1 amide bonds. The van der Waals surface area contributed by atoms with Gasteiger partial charge in [-0.05, 0) is 6.42 Å². The van der Waals surface area contributed by atoms with Gasteiger partial charge in [-0.15, -0.1) is 0 Å². The summed E-state index contributed by atoms with van der Waals surface area (Å²) < 4.78 is 4.61. The van der Waals surface area contributed by atoms with E-state index in [0.29, 0.717) is 11.5 Å². The van der Waals surface area contributed by atoms with E-state index in [9.17, 15) is 4.79 Å². The topological polar surface area (TPSA) is 92.9 Å². The number of nitrogens with one attached hydrogen (secondary N) is 2. The standard InChI is InChI=1S/C11H13N5O2/c1-2-3-13-10-6-12-5-9(16-10)11(17)15-8-4-14-18-7-8/h4-7H,2-3H2,1H3,(H,13,16)(H,15,17). The predicted molar refractivity (Wildman–Crippen MR) is 65.3 cm³/mol. The fourth-order valence-corrected chi connectivity index (χ4v) is 1.28.